The predicted molar refractivity (Wildman–Crippen MR) is 104 cm³/mol. The van der Waals surface area contributed by atoms with Crippen LogP contribution in [0.15, 0.2) is 51.8 Å². The van der Waals surface area contributed by atoms with Crippen molar-refractivity contribution < 1.29 is 31.5 Å². The molecule has 0 aliphatic heterocycles. The van der Waals surface area contributed by atoms with Crippen molar-refractivity contribution in [1.29, 1.82) is 0 Å². The Labute approximate surface area is 167 Å². The number of halogens is 1. The third-order valence-corrected chi connectivity index (χ3v) is 6.10. The van der Waals surface area contributed by atoms with E-state index in [1.165, 1.54) is 56.6 Å². The van der Waals surface area contributed by atoms with Gasteiger partial charge in [-0.25, -0.2) is 21.9 Å². The minimum atomic E-state index is -3.50. The normalized spacial score (nSPS) is 11.8. The van der Waals surface area contributed by atoms with Crippen molar-refractivity contribution in [2.45, 2.75) is 11.8 Å². The van der Waals surface area contributed by atoms with Gasteiger partial charge in [0.2, 0.25) is 15.8 Å². The Kier molecular flexibility index (Phi) is 5.90. The number of ether oxygens (including phenoxy) is 2. The lowest BCUT2D eigenvalue weighted by molar-refractivity contribution is 0.0416. The van der Waals surface area contributed by atoms with E-state index in [-0.39, 0.29) is 23.9 Å². The Morgan fingerprint density at radius 3 is 2.45 bits per heavy atom. The molecule has 0 spiro atoms. The van der Waals surface area contributed by atoms with E-state index in [4.69, 9.17) is 13.9 Å². The number of esters is 1. The van der Waals surface area contributed by atoms with Gasteiger partial charge >= 0.3 is 5.97 Å². The highest BCUT2D eigenvalue weighted by Crippen LogP contribution is 2.26. The van der Waals surface area contributed by atoms with Gasteiger partial charge in [0.05, 0.1) is 4.90 Å². The highest BCUT2D eigenvalue weighted by atomic mass is 32.2. The number of benzene rings is 2. The molecule has 3 rings (SSSR count). The van der Waals surface area contributed by atoms with Crippen LogP contribution < -0.4 is 4.74 Å². The SMILES string of the molecule is Cc1c(C(=O)OCCOc2ccc(S(=O)(=O)N(C)C)cc2)oc2ccc(F)cc12. The topological polar surface area (TPSA) is 86.0 Å². The molecule has 7 nitrogen and oxygen atoms in total. The van der Waals surface area contributed by atoms with E-state index in [1.807, 2.05) is 0 Å². The summed E-state index contributed by atoms with van der Waals surface area (Å²) in [6, 6.07) is 9.93. The maximum absolute atomic E-state index is 13.4. The van der Waals surface area contributed by atoms with E-state index in [1.54, 1.807) is 6.92 Å². The molecule has 29 heavy (non-hydrogen) atoms. The van der Waals surface area contributed by atoms with E-state index in [0.717, 1.165) is 4.31 Å². The molecule has 1 aromatic heterocycles. The number of fused-ring (bicyclic) bond motifs is 1. The minimum Gasteiger partial charge on any atom is -0.490 e. The van der Waals surface area contributed by atoms with Gasteiger partial charge in [-0.3, -0.25) is 0 Å². The third-order valence-electron chi connectivity index (χ3n) is 4.27. The van der Waals surface area contributed by atoms with Crippen LogP contribution in [0.4, 0.5) is 4.39 Å². The van der Waals surface area contributed by atoms with Crippen molar-refractivity contribution in [3.63, 3.8) is 0 Å². The third kappa shape index (κ3) is 4.41. The quantitative estimate of drug-likeness (QED) is 0.430. The molecule has 0 amide bonds. The molecule has 1 heterocycles. The van der Waals surface area contributed by atoms with Crippen molar-refractivity contribution in [2.24, 2.45) is 0 Å². The lowest BCUT2D eigenvalue weighted by Crippen LogP contribution is -2.22. The zero-order valence-electron chi connectivity index (χ0n) is 16.1. The van der Waals surface area contributed by atoms with Crippen LogP contribution in [-0.4, -0.2) is 46.0 Å². The van der Waals surface area contributed by atoms with E-state index < -0.39 is 21.8 Å². The Bertz CT molecular complexity index is 1140. The number of hydrogen-bond acceptors (Lipinski definition) is 6. The molecule has 0 atom stereocenters. The van der Waals surface area contributed by atoms with Crippen molar-refractivity contribution in [2.75, 3.05) is 27.3 Å². The van der Waals surface area contributed by atoms with Crippen LogP contribution in [0.25, 0.3) is 11.0 Å². The van der Waals surface area contributed by atoms with Crippen molar-refractivity contribution in [1.82, 2.24) is 4.31 Å². The summed E-state index contributed by atoms with van der Waals surface area (Å²) < 4.78 is 54.6. The molecular formula is C20H20FNO6S. The van der Waals surface area contributed by atoms with Crippen LogP contribution in [0.2, 0.25) is 0 Å². The molecule has 0 unspecified atom stereocenters. The van der Waals surface area contributed by atoms with Crippen LogP contribution in [0.5, 0.6) is 5.75 Å². The molecule has 0 aliphatic carbocycles. The molecule has 0 saturated heterocycles. The Balaban J connectivity index is 1.56. The van der Waals surface area contributed by atoms with Gasteiger partial charge in [0.15, 0.2) is 0 Å². The second-order valence-corrected chi connectivity index (χ2v) is 8.59. The summed E-state index contributed by atoms with van der Waals surface area (Å²) in [5, 5.41) is 0.515. The predicted octanol–water partition coefficient (Wildman–Crippen LogP) is 3.37. The molecule has 0 fully saturated rings. The van der Waals surface area contributed by atoms with Crippen LogP contribution in [0.3, 0.4) is 0 Å². The second kappa shape index (κ2) is 8.22. The van der Waals surface area contributed by atoms with Gasteiger partial charge in [-0.1, -0.05) is 0 Å². The summed E-state index contributed by atoms with van der Waals surface area (Å²) in [7, 11) is -0.599. The molecule has 0 aliphatic rings. The Hall–Kier alpha value is -2.91. The fourth-order valence-corrected chi connectivity index (χ4v) is 3.57. The van der Waals surface area contributed by atoms with E-state index in [0.29, 0.717) is 22.3 Å². The number of aryl methyl sites for hydroxylation is 1. The maximum atomic E-state index is 13.4. The first-order valence-corrected chi connectivity index (χ1v) is 10.2. The molecule has 0 bridgehead atoms. The van der Waals surface area contributed by atoms with Crippen LogP contribution in [-0.2, 0) is 14.8 Å². The van der Waals surface area contributed by atoms with E-state index in [9.17, 15) is 17.6 Å². The Morgan fingerprint density at radius 2 is 1.79 bits per heavy atom. The van der Waals surface area contributed by atoms with Crippen molar-refractivity contribution >= 4 is 27.0 Å². The van der Waals surface area contributed by atoms with Gasteiger partial charge < -0.3 is 13.9 Å². The van der Waals surface area contributed by atoms with Gasteiger partial charge in [0, 0.05) is 25.0 Å². The highest BCUT2D eigenvalue weighted by molar-refractivity contribution is 7.89. The second-order valence-electron chi connectivity index (χ2n) is 6.44. The Morgan fingerprint density at radius 1 is 1.10 bits per heavy atom. The fraction of sp³-hybridized carbons (Fsp3) is 0.250. The van der Waals surface area contributed by atoms with Gasteiger partial charge in [-0.2, -0.15) is 0 Å². The summed E-state index contributed by atoms with van der Waals surface area (Å²) in [5.74, 6) is -0.632. The summed E-state index contributed by atoms with van der Waals surface area (Å²) in [6.07, 6.45) is 0. The van der Waals surface area contributed by atoms with Crippen molar-refractivity contribution in [3.8, 4) is 5.75 Å². The average molecular weight is 421 g/mol. The number of sulfonamides is 1. The summed E-state index contributed by atoms with van der Waals surface area (Å²) >= 11 is 0. The van der Waals surface area contributed by atoms with Crippen LogP contribution in [0.1, 0.15) is 16.1 Å². The smallest absolute Gasteiger partial charge is 0.374 e. The molecule has 0 radical (unpaired) electrons. The maximum Gasteiger partial charge on any atom is 0.374 e. The van der Waals surface area contributed by atoms with Crippen LogP contribution in [0, 0.1) is 12.7 Å². The zero-order chi connectivity index (χ0) is 21.2. The standard InChI is InChI=1S/C20H20FNO6S/c1-13-17-12-14(21)4-9-18(17)28-19(13)20(23)27-11-10-26-15-5-7-16(8-6-15)29(24,25)22(2)3/h4-9,12H,10-11H2,1-3H3. The zero-order valence-corrected chi connectivity index (χ0v) is 17.0. The molecular weight excluding hydrogens is 401 g/mol. The molecule has 0 N–H and O–H groups in total. The molecule has 9 heteroatoms. The number of carbonyl (C=O) groups is 1. The average Bonchev–Trinajstić information content (AvgIpc) is 3.01. The van der Waals surface area contributed by atoms with E-state index in [2.05, 4.69) is 0 Å². The number of nitrogens with zero attached hydrogens (tertiary/aromatic N) is 1. The molecule has 0 saturated carbocycles. The number of carbonyl (C=O) groups excluding carboxylic acids is 1. The largest absolute Gasteiger partial charge is 0.490 e. The molecule has 3 aromatic rings. The summed E-state index contributed by atoms with van der Waals surface area (Å²) in [5.41, 5.74) is 0.906. The number of hydrogen-bond donors (Lipinski definition) is 0. The van der Waals surface area contributed by atoms with E-state index >= 15 is 0 Å². The lowest BCUT2D eigenvalue weighted by Gasteiger charge is -2.12. The monoisotopic (exact) mass is 421 g/mol. The number of rotatable bonds is 7. The van der Waals surface area contributed by atoms with Gasteiger partial charge in [0.25, 0.3) is 0 Å². The summed E-state index contributed by atoms with van der Waals surface area (Å²) in [6.45, 7) is 1.68. The van der Waals surface area contributed by atoms with Gasteiger partial charge in [-0.15, -0.1) is 0 Å². The first-order valence-electron chi connectivity index (χ1n) is 8.71. The minimum absolute atomic E-state index is 0.0174. The molecule has 154 valence electrons. The van der Waals surface area contributed by atoms with Crippen molar-refractivity contribution in [3.05, 3.63) is 59.6 Å². The highest BCUT2D eigenvalue weighted by Gasteiger charge is 2.20. The van der Waals surface area contributed by atoms with Crippen LogP contribution >= 0.6 is 0 Å². The lowest BCUT2D eigenvalue weighted by atomic mass is 10.1. The first-order chi connectivity index (χ1) is 13.7. The van der Waals surface area contributed by atoms with Gasteiger partial charge in [0.1, 0.15) is 30.4 Å². The first kappa shape index (κ1) is 20.8. The summed E-state index contributed by atoms with van der Waals surface area (Å²) in [4.78, 5) is 12.4. The van der Waals surface area contributed by atoms with Gasteiger partial charge in [-0.05, 0) is 49.4 Å². The molecule has 2 aromatic carbocycles. The fourth-order valence-electron chi connectivity index (χ4n) is 2.67. The number of furan rings is 1.